The molecule has 0 aliphatic carbocycles. The lowest BCUT2D eigenvalue weighted by Gasteiger charge is -2.49. The molecule has 0 unspecified atom stereocenters. The fourth-order valence-electron chi connectivity index (χ4n) is 4.22. The van der Waals surface area contributed by atoms with Gasteiger partial charge in [0.05, 0.1) is 34.4 Å². The molecule has 2 aliphatic rings. The van der Waals surface area contributed by atoms with Gasteiger partial charge in [0, 0.05) is 28.0 Å². The standard InChI is InChI=1S/C21H25NO3S/c1-22(23)10-8-21(9-11-22)14-15-12-16(24-2)4-6-19(15)26-20-7-5-17(25-3)13-18(20)21/h4-7,12-13H,8-11,14H2,1-3H3. The van der Waals surface area contributed by atoms with Gasteiger partial charge in [-0.05, 0) is 53.9 Å². The van der Waals surface area contributed by atoms with Crippen molar-refractivity contribution in [1.29, 1.82) is 0 Å². The minimum atomic E-state index is -0.140. The molecule has 0 amide bonds. The number of quaternary nitrogens is 1. The third-order valence-electron chi connectivity index (χ3n) is 5.90. The summed E-state index contributed by atoms with van der Waals surface area (Å²) in [5.41, 5.74) is 2.62. The van der Waals surface area contributed by atoms with E-state index in [0.717, 1.165) is 30.8 Å². The van der Waals surface area contributed by atoms with Crippen LogP contribution in [0.25, 0.3) is 0 Å². The third kappa shape index (κ3) is 3.08. The first-order valence-corrected chi connectivity index (χ1v) is 9.85. The van der Waals surface area contributed by atoms with Crippen LogP contribution in [0.1, 0.15) is 24.0 Å². The van der Waals surface area contributed by atoms with Crippen LogP contribution >= 0.6 is 11.8 Å². The summed E-state index contributed by atoms with van der Waals surface area (Å²) in [4.78, 5) is 2.55. The van der Waals surface area contributed by atoms with Crippen LogP contribution < -0.4 is 9.47 Å². The maximum atomic E-state index is 12.5. The molecular formula is C21H25NO3S. The number of hydroxylamine groups is 3. The maximum Gasteiger partial charge on any atom is 0.119 e. The van der Waals surface area contributed by atoms with Gasteiger partial charge in [0.1, 0.15) is 11.5 Å². The number of methoxy groups -OCH3 is 2. The lowest BCUT2D eigenvalue weighted by molar-refractivity contribution is -0.867. The van der Waals surface area contributed by atoms with E-state index in [4.69, 9.17) is 9.47 Å². The van der Waals surface area contributed by atoms with Gasteiger partial charge in [-0.25, -0.2) is 0 Å². The van der Waals surface area contributed by atoms with Gasteiger partial charge in [-0.1, -0.05) is 11.8 Å². The number of fused-ring (bicyclic) bond motifs is 3. The number of rotatable bonds is 2. The van der Waals surface area contributed by atoms with Crippen LogP contribution in [0.5, 0.6) is 11.5 Å². The number of benzene rings is 2. The normalized spacial score (nSPS) is 27.4. The number of hydrogen-bond donors (Lipinski definition) is 0. The summed E-state index contributed by atoms with van der Waals surface area (Å²) in [5.74, 6) is 1.78. The van der Waals surface area contributed by atoms with E-state index >= 15 is 0 Å². The molecule has 0 radical (unpaired) electrons. The van der Waals surface area contributed by atoms with Crippen molar-refractivity contribution in [1.82, 2.24) is 0 Å². The van der Waals surface area contributed by atoms with Crippen LogP contribution in [0, 0.1) is 5.21 Å². The molecule has 4 rings (SSSR count). The van der Waals surface area contributed by atoms with Crippen molar-refractivity contribution in [2.24, 2.45) is 0 Å². The molecule has 0 N–H and O–H groups in total. The maximum absolute atomic E-state index is 12.5. The zero-order valence-corrected chi connectivity index (χ0v) is 16.4. The van der Waals surface area contributed by atoms with Gasteiger partial charge in [0.25, 0.3) is 0 Å². The average molecular weight is 372 g/mol. The Morgan fingerprint density at radius 2 is 1.58 bits per heavy atom. The molecule has 1 fully saturated rings. The average Bonchev–Trinajstić information content (AvgIpc) is 2.78. The quantitative estimate of drug-likeness (QED) is 0.580. The van der Waals surface area contributed by atoms with Crippen LogP contribution in [0.2, 0.25) is 0 Å². The van der Waals surface area contributed by atoms with Gasteiger partial charge < -0.3 is 19.3 Å². The molecular weight excluding hydrogens is 346 g/mol. The van der Waals surface area contributed by atoms with Crippen LogP contribution in [-0.4, -0.2) is 39.0 Å². The van der Waals surface area contributed by atoms with Crippen LogP contribution in [-0.2, 0) is 11.8 Å². The molecule has 1 spiro atoms. The van der Waals surface area contributed by atoms with E-state index in [9.17, 15) is 5.21 Å². The number of hydrogen-bond acceptors (Lipinski definition) is 4. The Morgan fingerprint density at radius 3 is 2.23 bits per heavy atom. The minimum Gasteiger partial charge on any atom is -0.633 e. The summed E-state index contributed by atoms with van der Waals surface area (Å²) in [6.45, 7) is 1.31. The van der Waals surface area contributed by atoms with Gasteiger partial charge >= 0.3 is 0 Å². The molecule has 5 heteroatoms. The third-order valence-corrected chi connectivity index (χ3v) is 7.10. The molecule has 2 aliphatic heterocycles. The van der Waals surface area contributed by atoms with Crippen molar-refractivity contribution in [3.8, 4) is 11.5 Å². The first kappa shape index (κ1) is 17.7. The Hall–Kier alpha value is -1.69. The zero-order chi connectivity index (χ0) is 18.4. The van der Waals surface area contributed by atoms with E-state index in [1.54, 1.807) is 21.3 Å². The Balaban J connectivity index is 1.85. The lowest BCUT2D eigenvalue weighted by Crippen LogP contribution is -2.50. The molecule has 2 aromatic carbocycles. The highest BCUT2D eigenvalue weighted by Crippen LogP contribution is 2.50. The van der Waals surface area contributed by atoms with Crippen molar-refractivity contribution in [3.63, 3.8) is 0 Å². The van der Waals surface area contributed by atoms with E-state index in [1.807, 2.05) is 23.9 Å². The highest BCUT2D eigenvalue weighted by molar-refractivity contribution is 7.99. The SMILES string of the molecule is COc1ccc2c(c1)CC1(CC[N+](C)([O-])CC1)c1cc(OC)ccc1S2. The van der Waals surface area contributed by atoms with Gasteiger partial charge in [0.2, 0.25) is 0 Å². The summed E-state index contributed by atoms with van der Waals surface area (Å²) < 4.78 is 10.8. The first-order chi connectivity index (χ1) is 12.4. The predicted octanol–water partition coefficient (Wildman–Crippen LogP) is 4.39. The smallest absolute Gasteiger partial charge is 0.119 e. The van der Waals surface area contributed by atoms with E-state index < -0.39 is 0 Å². The zero-order valence-electron chi connectivity index (χ0n) is 15.6. The van der Waals surface area contributed by atoms with E-state index in [2.05, 4.69) is 24.3 Å². The fraction of sp³-hybridized carbons (Fsp3) is 0.429. The van der Waals surface area contributed by atoms with E-state index in [-0.39, 0.29) is 10.1 Å². The molecule has 0 saturated carbocycles. The highest BCUT2D eigenvalue weighted by Gasteiger charge is 2.42. The molecule has 0 bridgehead atoms. The Bertz CT molecular complexity index is 824. The largest absolute Gasteiger partial charge is 0.633 e. The van der Waals surface area contributed by atoms with E-state index in [0.29, 0.717) is 13.1 Å². The van der Waals surface area contributed by atoms with Crippen molar-refractivity contribution >= 4 is 11.8 Å². The van der Waals surface area contributed by atoms with Crippen molar-refractivity contribution in [2.45, 2.75) is 34.5 Å². The first-order valence-electron chi connectivity index (χ1n) is 9.04. The molecule has 2 aromatic rings. The molecule has 1 saturated heterocycles. The summed E-state index contributed by atoms with van der Waals surface area (Å²) >= 11 is 1.81. The molecule has 2 heterocycles. The monoisotopic (exact) mass is 371 g/mol. The highest BCUT2D eigenvalue weighted by atomic mass is 32.2. The van der Waals surface area contributed by atoms with Crippen LogP contribution in [0.4, 0.5) is 0 Å². The Kier molecular flexibility index (Phi) is 4.41. The summed E-state index contributed by atoms with van der Waals surface area (Å²) in [6, 6.07) is 12.7. The molecule has 4 nitrogen and oxygen atoms in total. The second kappa shape index (κ2) is 6.48. The fourth-order valence-corrected chi connectivity index (χ4v) is 5.38. The van der Waals surface area contributed by atoms with Crippen molar-refractivity contribution in [3.05, 3.63) is 52.7 Å². The van der Waals surface area contributed by atoms with Crippen molar-refractivity contribution < 1.29 is 14.1 Å². The van der Waals surface area contributed by atoms with Crippen molar-refractivity contribution in [2.75, 3.05) is 34.4 Å². The lowest BCUT2D eigenvalue weighted by atomic mass is 9.69. The van der Waals surface area contributed by atoms with Gasteiger partial charge in [-0.2, -0.15) is 0 Å². The van der Waals surface area contributed by atoms with Gasteiger partial charge in [-0.3, -0.25) is 0 Å². The Labute approximate surface area is 159 Å². The summed E-state index contributed by atoms with van der Waals surface area (Å²) in [7, 11) is 5.22. The summed E-state index contributed by atoms with van der Waals surface area (Å²) in [6.07, 6.45) is 2.72. The van der Waals surface area contributed by atoms with Gasteiger partial charge in [-0.15, -0.1) is 0 Å². The molecule has 138 valence electrons. The number of nitrogens with zero attached hydrogens (tertiary/aromatic N) is 1. The minimum absolute atomic E-state index is 0.0172. The molecule has 0 atom stereocenters. The van der Waals surface area contributed by atoms with E-state index in [1.165, 1.54) is 20.9 Å². The second-order valence-corrected chi connectivity index (χ2v) is 8.72. The number of ether oxygens (including phenoxy) is 2. The Morgan fingerprint density at radius 1 is 0.962 bits per heavy atom. The number of likely N-dealkylation sites (tertiary alicyclic amines) is 1. The molecule has 26 heavy (non-hydrogen) atoms. The van der Waals surface area contributed by atoms with Gasteiger partial charge in [0.15, 0.2) is 0 Å². The number of piperidine rings is 1. The topological polar surface area (TPSA) is 41.5 Å². The predicted molar refractivity (Wildman–Crippen MR) is 104 cm³/mol. The van der Waals surface area contributed by atoms with Crippen LogP contribution in [0.15, 0.2) is 46.2 Å². The summed E-state index contributed by atoms with van der Waals surface area (Å²) in [5, 5.41) is 12.5. The van der Waals surface area contributed by atoms with Crippen LogP contribution in [0.3, 0.4) is 0 Å². The molecule has 0 aromatic heterocycles. The second-order valence-electron chi connectivity index (χ2n) is 7.64.